The Kier molecular flexibility index (Phi) is 3.62. The van der Waals surface area contributed by atoms with Crippen LogP contribution < -0.4 is 0 Å². The molecule has 0 aliphatic carbocycles. The molecule has 1 aromatic heterocycles. The van der Waals surface area contributed by atoms with Crippen molar-refractivity contribution in [2.75, 3.05) is 6.54 Å². The number of ketones is 1. The molecule has 2 heterocycles. The van der Waals surface area contributed by atoms with E-state index in [1.165, 1.54) is 19.3 Å². The third-order valence-electron chi connectivity index (χ3n) is 4.40. The predicted octanol–water partition coefficient (Wildman–Crippen LogP) is 3.88. The third kappa shape index (κ3) is 2.50. The SMILES string of the molecule is C[C@@H]1CCC[C@H](C)N1CC(=O)c1cc2ccccc2o1. The number of carbonyl (C=O) groups excluding carboxylic acids is 1. The molecule has 1 aliphatic rings. The Morgan fingerprint density at radius 1 is 1.25 bits per heavy atom. The Labute approximate surface area is 119 Å². The van der Waals surface area contributed by atoms with Crippen LogP contribution in [0.4, 0.5) is 0 Å². The van der Waals surface area contributed by atoms with Crippen LogP contribution in [0.3, 0.4) is 0 Å². The highest BCUT2D eigenvalue weighted by Crippen LogP contribution is 2.24. The highest BCUT2D eigenvalue weighted by atomic mass is 16.3. The molecule has 3 nitrogen and oxygen atoms in total. The number of furan rings is 1. The fraction of sp³-hybridized carbons (Fsp3) is 0.471. The smallest absolute Gasteiger partial charge is 0.211 e. The number of hydrogen-bond donors (Lipinski definition) is 0. The van der Waals surface area contributed by atoms with Crippen LogP contribution in [0.1, 0.15) is 43.7 Å². The van der Waals surface area contributed by atoms with E-state index >= 15 is 0 Å². The van der Waals surface area contributed by atoms with Gasteiger partial charge < -0.3 is 4.42 Å². The topological polar surface area (TPSA) is 33.5 Å². The van der Waals surface area contributed by atoms with Gasteiger partial charge in [0.15, 0.2) is 5.76 Å². The summed E-state index contributed by atoms with van der Waals surface area (Å²) in [6, 6.07) is 10.6. The maximum Gasteiger partial charge on any atom is 0.211 e. The van der Waals surface area contributed by atoms with Gasteiger partial charge in [-0.05, 0) is 38.8 Å². The molecule has 0 spiro atoms. The molecule has 2 aromatic rings. The summed E-state index contributed by atoms with van der Waals surface area (Å²) in [5, 5.41) is 0.996. The Morgan fingerprint density at radius 3 is 2.65 bits per heavy atom. The van der Waals surface area contributed by atoms with Gasteiger partial charge >= 0.3 is 0 Å². The second-order valence-electron chi connectivity index (χ2n) is 5.87. The minimum Gasteiger partial charge on any atom is -0.453 e. The molecular weight excluding hydrogens is 250 g/mol. The molecule has 0 unspecified atom stereocenters. The molecule has 0 N–H and O–H groups in total. The minimum absolute atomic E-state index is 0.0850. The summed E-state index contributed by atoms with van der Waals surface area (Å²) in [4.78, 5) is 14.7. The quantitative estimate of drug-likeness (QED) is 0.794. The van der Waals surface area contributed by atoms with Gasteiger partial charge in [-0.3, -0.25) is 9.69 Å². The number of hydrogen-bond acceptors (Lipinski definition) is 3. The Bertz CT molecular complexity index is 573. The van der Waals surface area contributed by atoms with Gasteiger partial charge in [0, 0.05) is 17.5 Å². The van der Waals surface area contributed by atoms with E-state index in [4.69, 9.17) is 4.42 Å². The third-order valence-corrected chi connectivity index (χ3v) is 4.40. The van der Waals surface area contributed by atoms with Crippen LogP contribution in [0, 0.1) is 0 Å². The molecule has 1 saturated heterocycles. The van der Waals surface area contributed by atoms with Crippen LogP contribution in [-0.2, 0) is 0 Å². The van der Waals surface area contributed by atoms with Crippen LogP contribution in [-0.4, -0.2) is 29.3 Å². The molecule has 0 amide bonds. The number of piperidine rings is 1. The zero-order chi connectivity index (χ0) is 14.1. The lowest BCUT2D eigenvalue weighted by molar-refractivity contribution is 0.0713. The lowest BCUT2D eigenvalue weighted by Gasteiger charge is -2.38. The maximum atomic E-state index is 12.4. The normalized spacial score (nSPS) is 24.1. The molecule has 1 fully saturated rings. The second kappa shape index (κ2) is 5.41. The van der Waals surface area contributed by atoms with E-state index in [1.54, 1.807) is 0 Å². The van der Waals surface area contributed by atoms with Gasteiger partial charge in [0.2, 0.25) is 5.78 Å². The number of para-hydroxylation sites is 1. The molecule has 2 atom stereocenters. The second-order valence-corrected chi connectivity index (χ2v) is 5.87. The minimum atomic E-state index is 0.0850. The largest absolute Gasteiger partial charge is 0.453 e. The van der Waals surface area contributed by atoms with Crippen molar-refractivity contribution in [3.63, 3.8) is 0 Å². The molecule has 0 radical (unpaired) electrons. The number of likely N-dealkylation sites (tertiary alicyclic amines) is 1. The summed E-state index contributed by atoms with van der Waals surface area (Å²) in [5.74, 6) is 0.568. The first-order valence-corrected chi connectivity index (χ1v) is 7.42. The summed E-state index contributed by atoms with van der Waals surface area (Å²) in [6.45, 7) is 4.88. The van der Waals surface area contributed by atoms with E-state index in [-0.39, 0.29) is 5.78 Å². The van der Waals surface area contributed by atoms with Crippen molar-refractivity contribution in [3.05, 3.63) is 36.1 Å². The number of benzene rings is 1. The molecule has 3 heteroatoms. The van der Waals surface area contributed by atoms with Crippen molar-refractivity contribution in [2.24, 2.45) is 0 Å². The molecular formula is C17H21NO2. The van der Waals surface area contributed by atoms with Gasteiger partial charge in [-0.25, -0.2) is 0 Å². The predicted molar refractivity (Wildman–Crippen MR) is 80.0 cm³/mol. The average molecular weight is 271 g/mol. The van der Waals surface area contributed by atoms with Crippen molar-refractivity contribution in [2.45, 2.75) is 45.2 Å². The number of carbonyl (C=O) groups is 1. The fourth-order valence-electron chi connectivity index (χ4n) is 3.15. The van der Waals surface area contributed by atoms with Crippen LogP contribution >= 0.6 is 0 Å². The van der Waals surface area contributed by atoms with Crippen molar-refractivity contribution in [1.82, 2.24) is 4.90 Å². The average Bonchev–Trinajstić information content (AvgIpc) is 2.87. The number of Topliss-reactive ketones (excluding diaryl/α,β-unsaturated/α-hetero) is 1. The lowest BCUT2D eigenvalue weighted by atomic mass is 9.97. The van der Waals surface area contributed by atoms with Crippen LogP contribution in [0.5, 0.6) is 0 Å². The van der Waals surface area contributed by atoms with Crippen molar-refractivity contribution in [3.8, 4) is 0 Å². The first-order chi connectivity index (χ1) is 9.65. The van der Waals surface area contributed by atoms with E-state index in [1.807, 2.05) is 30.3 Å². The number of rotatable bonds is 3. The van der Waals surface area contributed by atoms with E-state index in [9.17, 15) is 4.79 Å². The molecule has 106 valence electrons. The Balaban J connectivity index is 1.78. The molecule has 1 aromatic carbocycles. The fourth-order valence-corrected chi connectivity index (χ4v) is 3.15. The van der Waals surface area contributed by atoms with Crippen LogP contribution in [0.2, 0.25) is 0 Å². The van der Waals surface area contributed by atoms with E-state index in [0.717, 1.165) is 11.0 Å². The van der Waals surface area contributed by atoms with Gasteiger partial charge in [0.1, 0.15) is 5.58 Å². The van der Waals surface area contributed by atoms with Gasteiger partial charge in [-0.15, -0.1) is 0 Å². The summed E-state index contributed by atoms with van der Waals surface area (Å²) in [5.41, 5.74) is 0.788. The highest BCUT2D eigenvalue weighted by molar-refractivity contribution is 5.98. The van der Waals surface area contributed by atoms with Crippen LogP contribution in [0.15, 0.2) is 34.7 Å². The van der Waals surface area contributed by atoms with Gasteiger partial charge in [-0.1, -0.05) is 24.6 Å². The lowest BCUT2D eigenvalue weighted by Crippen LogP contribution is -2.46. The van der Waals surface area contributed by atoms with Crippen LogP contribution in [0.25, 0.3) is 11.0 Å². The molecule has 1 aliphatic heterocycles. The van der Waals surface area contributed by atoms with E-state index in [0.29, 0.717) is 24.4 Å². The van der Waals surface area contributed by atoms with Crippen molar-refractivity contribution < 1.29 is 9.21 Å². The first kappa shape index (κ1) is 13.4. The summed E-state index contributed by atoms with van der Waals surface area (Å²) >= 11 is 0. The molecule has 0 saturated carbocycles. The van der Waals surface area contributed by atoms with Crippen molar-refractivity contribution in [1.29, 1.82) is 0 Å². The monoisotopic (exact) mass is 271 g/mol. The van der Waals surface area contributed by atoms with E-state index in [2.05, 4.69) is 18.7 Å². The van der Waals surface area contributed by atoms with E-state index < -0.39 is 0 Å². The van der Waals surface area contributed by atoms with Gasteiger partial charge in [0.05, 0.1) is 6.54 Å². The number of nitrogens with zero attached hydrogens (tertiary/aromatic N) is 1. The van der Waals surface area contributed by atoms with Crippen molar-refractivity contribution >= 4 is 16.8 Å². The summed E-state index contributed by atoms with van der Waals surface area (Å²) < 4.78 is 5.67. The zero-order valence-corrected chi connectivity index (χ0v) is 12.1. The highest BCUT2D eigenvalue weighted by Gasteiger charge is 2.27. The summed E-state index contributed by atoms with van der Waals surface area (Å²) in [7, 11) is 0. The maximum absolute atomic E-state index is 12.4. The first-order valence-electron chi connectivity index (χ1n) is 7.42. The number of fused-ring (bicyclic) bond motifs is 1. The standard InChI is InChI=1S/C17H21NO2/c1-12-6-5-7-13(2)18(12)11-15(19)17-10-14-8-3-4-9-16(14)20-17/h3-4,8-10,12-13H,5-7,11H2,1-2H3/t12-,13+. The molecule has 3 rings (SSSR count). The Morgan fingerprint density at radius 2 is 1.95 bits per heavy atom. The summed E-state index contributed by atoms with van der Waals surface area (Å²) in [6.07, 6.45) is 3.62. The Hall–Kier alpha value is -1.61. The van der Waals surface area contributed by atoms with Gasteiger partial charge in [0.25, 0.3) is 0 Å². The zero-order valence-electron chi connectivity index (χ0n) is 12.1. The molecule has 20 heavy (non-hydrogen) atoms. The van der Waals surface area contributed by atoms with Gasteiger partial charge in [-0.2, -0.15) is 0 Å². The molecule has 0 bridgehead atoms.